The zero-order chi connectivity index (χ0) is 19.9. The number of carbonyl (C=O) groups excluding carboxylic acids is 1. The molecule has 4 rings (SSSR count). The van der Waals surface area contributed by atoms with Gasteiger partial charge in [-0.2, -0.15) is 5.10 Å². The lowest BCUT2D eigenvalue weighted by molar-refractivity contribution is 0.0605. The van der Waals surface area contributed by atoms with Crippen molar-refractivity contribution in [2.75, 3.05) is 26.2 Å². The van der Waals surface area contributed by atoms with Crippen molar-refractivity contribution in [3.63, 3.8) is 0 Å². The SMILES string of the molecule is Cc1ccc(-n2cc(C(=O)N3CCC4(CCNC4)CC3)c(C(C)(C)C)n2)cc1.Cl. The topological polar surface area (TPSA) is 50.2 Å². The third-order valence-electron chi connectivity index (χ3n) is 6.40. The molecule has 6 heteroatoms. The Bertz CT molecular complexity index is 850. The fourth-order valence-corrected chi connectivity index (χ4v) is 4.49. The van der Waals surface area contributed by atoms with Gasteiger partial charge in [-0.25, -0.2) is 4.68 Å². The van der Waals surface area contributed by atoms with E-state index in [1.165, 1.54) is 12.0 Å². The van der Waals surface area contributed by atoms with Crippen LogP contribution in [0.5, 0.6) is 0 Å². The number of rotatable bonds is 2. The number of amides is 1. The van der Waals surface area contributed by atoms with Crippen LogP contribution in [0.2, 0.25) is 0 Å². The molecule has 2 saturated heterocycles. The van der Waals surface area contributed by atoms with Crippen molar-refractivity contribution >= 4 is 18.3 Å². The first kappa shape index (κ1) is 21.8. The Kier molecular flexibility index (Phi) is 6.11. The van der Waals surface area contributed by atoms with Gasteiger partial charge in [0, 0.05) is 31.2 Å². The summed E-state index contributed by atoms with van der Waals surface area (Å²) in [4.78, 5) is 15.5. The van der Waals surface area contributed by atoms with E-state index in [0.29, 0.717) is 5.41 Å². The quantitative estimate of drug-likeness (QED) is 0.801. The molecular weight excluding hydrogens is 384 g/mol. The fraction of sp³-hybridized carbons (Fsp3) is 0.565. The van der Waals surface area contributed by atoms with E-state index in [1.807, 2.05) is 15.8 Å². The minimum atomic E-state index is -0.187. The van der Waals surface area contributed by atoms with Gasteiger partial charge in [0.1, 0.15) is 0 Å². The predicted molar refractivity (Wildman–Crippen MR) is 119 cm³/mol. The minimum Gasteiger partial charge on any atom is -0.338 e. The standard InChI is InChI=1S/C23H32N4O.ClH/c1-17-5-7-18(8-6-17)27-15-19(20(25-27)22(2,3)4)21(28)26-13-10-23(11-14-26)9-12-24-16-23;/h5-8,15,24H,9-14,16H2,1-4H3;1H. The van der Waals surface area contributed by atoms with Crippen molar-refractivity contribution in [1.82, 2.24) is 20.0 Å². The van der Waals surface area contributed by atoms with E-state index < -0.39 is 0 Å². The molecule has 2 fully saturated rings. The lowest BCUT2D eigenvalue weighted by atomic mass is 9.77. The van der Waals surface area contributed by atoms with Crippen molar-refractivity contribution in [2.45, 2.75) is 52.4 Å². The Morgan fingerprint density at radius 1 is 1.10 bits per heavy atom. The third kappa shape index (κ3) is 4.36. The molecule has 0 radical (unpaired) electrons. The maximum absolute atomic E-state index is 13.4. The Hall–Kier alpha value is -1.85. The molecule has 29 heavy (non-hydrogen) atoms. The molecule has 1 amide bonds. The minimum absolute atomic E-state index is 0. The highest BCUT2D eigenvalue weighted by Crippen LogP contribution is 2.37. The first-order chi connectivity index (χ1) is 13.3. The molecule has 2 aliphatic heterocycles. The fourth-order valence-electron chi connectivity index (χ4n) is 4.49. The number of hydrogen-bond acceptors (Lipinski definition) is 3. The van der Waals surface area contributed by atoms with E-state index in [-0.39, 0.29) is 23.7 Å². The summed E-state index contributed by atoms with van der Waals surface area (Å²) < 4.78 is 1.86. The summed E-state index contributed by atoms with van der Waals surface area (Å²) in [5.41, 5.74) is 4.05. The van der Waals surface area contributed by atoms with Gasteiger partial charge in [-0.15, -0.1) is 12.4 Å². The second kappa shape index (κ2) is 8.11. The molecule has 1 aromatic carbocycles. The number of aryl methyl sites for hydroxylation is 1. The molecule has 158 valence electrons. The van der Waals surface area contributed by atoms with E-state index in [9.17, 15) is 4.79 Å². The summed E-state index contributed by atoms with van der Waals surface area (Å²) in [7, 11) is 0. The number of benzene rings is 1. The Labute approximate surface area is 180 Å². The average Bonchev–Trinajstić information content (AvgIpc) is 3.30. The number of carbonyl (C=O) groups is 1. The van der Waals surface area contributed by atoms with Crippen LogP contribution in [-0.4, -0.2) is 46.8 Å². The van der Waals surface area contributed by atoms with Crippen molar-refractivity contribution < 1.29 is 4.79 Å². The molecule has 5 nitrogen and oxygen atoms in total. The molecule has 3 heterocycles. The van der Waals surface area contributed by atoms with Crippen molar-refractivity contribution in [2.24, 2.45) is 5.41 Å². The molecule has 0 unspecified atom stereocenters. The van der Waals surface area contributed by atoms with Crippen LogP contribution in [0.3, 0.4) is 0 Å². The summed E-state index contributed by atoms with van der Waals surface area (Å²) in [6.07, 6.45) is 5.37. The first-order valence-electron chi connectivity index (χ1n) is 10.4. The van der Waals surface area contributed by atoms with Crippen LogP contribution in [0.15, 0.2) is 30.5 Å². The summed E-state index contributed by atoms with van der Waals surface area (Å²) in [5.74, 6) is 0.129. The molecule has 0 saturated carbocycles. The Morgan fingerprint density at radius 2 is 1.76 bits per heavy atom. The molecule has 2 aliphatic rings. The second-order valence-electron chi connectivity index (χ2n) is 9.64. The smallest absolute Gasteiger partial charge is 0.257 e. The highest BCUT2D eigenvalue weighted by molar-refractivity contribution is 5.95. The van der Waals surface area contributed by atoms with Gasteiger partial charge in [-0.05, 0) is 50.3 Å². The van der Waals surface area contributed by atoms with Crippen molar-refractivity contribution in [3.8, 4) is 5.69 Å². The summed E-state index contributed by atoms with van der Waals surface area (Å²) in [5, 5.41) is 8.32. The van der Waals surface area contributed by atoms with Crippen LogP contribution in [0.4, 0.5) is 0 Å². The number of piperidine rings is 1. The molecule has 1 spiro atoms. The zero-order valence-electron chi connectivity index (χ0n) is 18.0. The van der Waals surface area contributed by atoms with Gasteiger partial charge in [0.25, 0.3) is 5.91 Å². The third-order valence-corrected chi connectivity index (χ3v) is 6.40. The van der Waals surface area contributed by atoms with Crippen molar-refractivity contribution in [3.05, 3.63) is 47.3 Å². The highest BCUT2D eigenvalue weighted by atomic mass is 35.5. The van der Waals surface area contributed by atoms with Gasteiger partial charge in [-0.3, -0.25) is 4.79 Å². The maximum atomic E-state index is 13.4. The van der Waals surface area contributed by atoms with Crippen LogP contribution < -0.4 is 5.32 Å². The summed E-state index contributed by atoms with van der Waals surface area (Å²) in [6.45, 7) is 12.4. The Balaban J connectivity index is 0.00000240. The van der Waals surface area contributed by atoms with Crippen LogP contribution in [0, 0.1) is 12.3 Å². The highest BCUT2D eigenvalue weighted by Gasteiger charge is 2.39. The second-order valence-corrected chi connectivity index (χ2v) is 9.64. The largest absolute Gasteiger partial charge is 0.338 e. The first-order valence-corrected chi connectivity index (χ1v) is 10.4. The lowest BCUT2D eigenvalue weighted by Gasteiger charge is -2.39. The van der Waals surface area contributed by atoms with Gasteiger partial charge in [-0.1, -0.05) is 38.5 Å². The van der Waals surface area contributed by atoms with Crippen LogP contribution in [-0.2, 0) is 5.41 Å². The van der Waals surface area contributed by atoms with Crippen LogP contribution >= 0.6 is 12.4 Å². The van der Waals surface area contributed by atoms with E-state index in [1.54, 1.807) is 0 Å². The van der Waals surface area contributed by atoms with Gasteiger partial charge < -0.3 is 10.2 Å². The summed E-state index contributed by atoms with van der Waals surface area (Å²) in [6, 6.07) is 8.27. The van der Waals surface area contributed by atoms with E-state index in [2.05, 4.69) is 57.3 Å². The van der Waals surface area contributed by atoms with E-state index in [4.69, 9.17) is 5.10 Å². The normalized spacial score (nSPS) is 18.7. The summed E-state index contributed by atoms with van der Waals surface area (Å²) >= 11 is 0. The number of likely N-dealkylation sites (tertiary alicyclic amines) is 1. The van der Waals surface area contributed by atoms with Gasteiger partial charge >= 0.3 is 0 Å². The monoisotopic (exact) mass is 416 g/mol. The Morgan fingerprint density at radius 3 is 2.31 bits per heavy atom. The maximum Gasteiger partial charge on any atom is 0.257 e. The number of nitrogens with one attached hydrogen (secondary N) is 1. The average molecular weight is 417 g/mol. The molecule has 1 aromatic heterocycles. The van der Waals surface area contributed by atoms with E-state index >= 15 is 0 Å². The predicted octanol–water partition coefficient (Wildman–Crippen LogP) is 4.12. The van der Waals surface area contributed by atoms with Crippen LogP contribution in [0.1, 0.15) is 61.6 Å². The molecule has 0 atom stereocenters. The number of aromatic nitrogens is 2. The molecule has 1 N–H and O–H groups in total. The molecule has 0 bridgehead atoms. The molecule has 2 aromatic rings. The van der Waals surface area contributed by atoms with Crippen LogP contribution in [0.25, 0.3) is 5.69 Å². The molecular formula is C23H33ClN4O. The number of halogens is 1. The number of nitrogens with zero attached hydrogens (tertiary/aromatic N) is 3. The zero-order valence-corrected chi connectivity index (χ0v) is 18.8. The van der Waals surface area contributed by atoms with Gasteiger partial charge in [0.15, 0.2) is 0 Å². The molecule has 0 aliphatic carbocycles. The lowest BCUT2D eigenvalue weighted by Crippen LogP contribution is -2.44. The van der Waals surface area contributed by atoms with Gasteiger partial charge in [0.05, 0.1) is 16.9 Å². The number of hydrogen-bond donors (Lipinski definition) is 1. The van der Waals surface area contributed by atoms with Crippen molar-refractivity contribution in [1.29, 1.82) is 0 Å². The van der Waals surface area contributed by atoms with E-state index in [0.717, 1.165) is 56.0 Å². The van der Waals surface area contributed by atoms with Gasteiger partial charge in [0.2, 0.25) is 0 Å².